The highest BCUT2D eigenvalue weighted by Gasteiger charge is 2.44. The van der Waals surface area contributed by atoms with Gasteiger partial charge in [0.1, 0.15) is 0 Å². The number of hydrogen-bond acceptors (Lipinski definition) is 1. The van der Waals surface area contributed by atoms with Crippen molar-refractivity contribution in [3.05, 3.63) is 0 Å². The zero-order chi connectivity index (χ0) is 9.90. The molecular formula is C11H21ClO. The van der Waals surface area contributed by atoms with E-state index in [2.05, 4.69) is 20.8 Å². The number of halogens is 1. The van der Waals surface area contributed by atoms with E-state index < -0.39 is 0 Å². The molecule has 0 amide bonds. The van der Waals surface area contributed by atoms with Crippen LogP contribution in [0.1, 0.15) is 40.0 Å². The molecule has 1 aliphatic rings. The fourth-order valence-electron chi connectivity index (χ4n) is 2.47. The largest absolute Gasteiger partial charge is 0.378 e. The summed E-state index contributed by atoms with van der Waals surface area (Å²) < 4.78 is 5.64. The molecule has 1 rings (SSSR count). The van der Waals surface area contributed by atoms with E-state index in [4.69, 9.17) is 16.3 Å². The molecule has 3 atom stereocenters. The highest BCUT2D eigenvalue weighted by molar-refractivity contribution is 6.18. The molecule has 0 aromatic carbocycles. The smallest absolute Gasteiger partial charge is 0.0618 e. The molecule has 3 unspecified atom stereocenters. The standard InChI is InChI=1S/C11H21ClO/c1-4-5-9(2)11(8-12)6-7-13-10(11)3/h9-10H,4-8H2,1-3H3. The summed E-state index contributed by atoms with van der Waals surface area (Å²) in [5.74, 6) is 1.43. The van der Waals surface area contributed by atoms with Gasteiger partial charge in [-0.15, -0.1) is 11.6 Å². The third-order valence-corrected chi connectivity index (χ3v) is 4.19. The molecule has 13 heavy (non-hydrogen) atoms. The van der Waals surface area contributed by atoms with Crippen molar-refractivity contribution in [2.45, 2.75) is 46.1 Å². The lowest BCUT2D eigenvalue weighted by molar-refractivity contribution is 0.0437. The SMILES string of the molecule is CCCC(C)C1(CCl)CCOC1C. The number of rotatable bonds is 4. The summed E-state index contributed by atoms with van der Waals surface area (Å²) in [6.45, 7) is 7.61. The molecule has 1 saturated heterocycles. The number of hydrogen-bond donors (Lipinski definition) is 0. The predicted octanol–water partition coefficient (Wildman–Crippen LogP) is 3.46. The molecule has 1 heterocycles. The summed E-state index contributed by atoms with van der Waals surface area (Å²) in [4.78, 5) is 0. The molecule has 0 radical (unpaired) electrons. The zero-order valence-corrected chi connectivity index (χ0v) is 9.73. The van der Waals surface area contributed by atoms with E-state index in [0.29, 0.717) is 12.0 Å². The summed E-state index contributed by atoms with van der Waals surface area (Å²) in [5, 5.41) is 0. The second-order valence-corrected chi connectivity index (χ2v) is 4.59. The van der Waals surface area contributed by atoms with Gasteiger partial charge < -0.3 is 4.74 Å². The molecule has 0 saturated carbocycles. The molecule has 1 fully saturated rings. The van der Waals surface area contributed by atoms with E-state index >= 15 is 0 Å². The van der Waals surface area contributed by atoms with Crippen LogP contribution in [0.4, 0.5) is 0 Å². The third kappa shape index (κ3) is 2.02. The van der Waals surface area contributed by atoms with Crippen molar-refractivity contribution < 1.29 is 4.74 Å². The third-order valence-electron chi connectivity index (χ3n) is 3.70. The van der Waals surface area contributed by atoms with Gasteiger partial charge in [0.15, 0.2) is 0 Å². The Hall–Kier alpha value is 0.250. The lowest BCUT2D eigenvalue weighted by atomic mass is 9.71. The van der Waals surface area contributed by atoms with Crippen molar-refractivity contribution in [2.24, 2.45) is 11.3 Å². The van der Waals surface area contributed by atoms with Gasteiger partial charge in [-0.05, 0) is 19.3 Å². The monoisotopic (exact) mass is 204 g/mol. The lowest BCUT2D eigenvalue weighted by Gasteiger charge is -2.36. The van der Waals surface area contributed by atoms with Crippen molar-refractivity contribution in [1.29, 1.82) is 0 Å². The maximum atomic E-state index is 6.11. The summed E-state index contributed by atoms with van der Waals surface area (Å²) in [6, 6.07) is 0. The van der Waals surface area contributed by atoms with Gasteiger partial charge in [-0.25, -0.2) is 0 Å². The topological polar surface area (TPSA) is 9.23 Å². The van der Waals surface area contributed by atoms with Crippen LogP contribution in [0.25, 0.3) is 0 Å². The Morgan fingerprint density at radius 2 is 2.31 bits per heavy atom. The Bertz CT molecular complexity index is 160. The molecule has 0 spiro atoms. The quantitative estimate of drug-likeness (QED) is 0.638. The molecule has 0 aromatic heterocycles. The van der Waals surface area contributed by atoms with Crippen molar-refractivity contribution in [3.8, 4) is 0 Å². The van der Waals surface area contributed by atoms with Gasteiger partial charge >= 0.3 is 0 Å². The van der Waals surface area contributed by atoms with Crippen LogP contribution in [0.15, 0.2) is 0 Å². The Balaban J connectivity index is 2.67. The van der Waals surface area contributed by atoms with Crippen LogP contribution < -0.4 is 0 Å². The first-order valence-corrected chi connectivity index (χ1v) is 5.88. The molecule has 0 bridgehead atoms. The van der Waals surface area contributed by atoms with Gasteiger partial charge in [0.05, 0.1) is 6.10 Å². The van der Waals surface area contributed by atoms with Crippen molar-refractivity contribution in [3.63, 3.8) is 0 Å². The van der Waals surface area contributed by atoms with E-state index in [1.807, 2.05) is 0 Å². The fraction of sp³-hybridized carbons (Fsp3) is 1.00. The molecule has 0 aromatic rings. The van der Waals surface area contributed by atoms with E-state index in [-0.39, 0.29) is 5.41 Å². The minimum Gasteiger partial charge on any atom is -0.378 e. The second-order valence-electron chi connectivity index (χ2n) is 4.32. The minimum atomic E-state index is 0.248. The van der Waals surface area contributed by atoms with Gasteiger partial charge in [-0.3, -0.25) is 0 Å². The van der Waals surface area contributed by atoms with Crippen molar-refractivity contribution >= 4 is 11.6 Å². The average molecular weight is 205 g/mol. The summed E-state index contributed by atoms with van der Waals surface area (Å²) in [5.41, 5.74) is 0.248. The van der Waals surface area contributed by atoms with Crippen LogP contribution in [0.5, 0.6) is 0 Å². The molecule has 0 aliphatic carbocycles. The molecule has 1 aliphatic heterocycles. The molecule has 1 nitrogen and oxygen atoms in total. The zero-order valence-electron chi connectivity index (χ0n) is 8.98. The molecular weight excluding hydrogens is 184 g/mol. The maximum Gasteiger partial charge on any atom is 0.0618 e. The lowest BCUT2D eigenvalue weighted by Crippen LogP contribution is -2.37. The second kappa shape index (κ2) is 4.65. The van der Waals surface area contributed by atoms with Crippen LogP contribution in [0.3, 0.4) is 0 Å². The summed E-state index contributed by atoms with van der Waals surface area (Å²) in [6.07, 6.45) is 3.98. The van der Waals surface area contributed by atoms with Gasteiger partial charge in [-0.2, -0.15) is 0 Å². The average Bonchev–Trinajstić information content (AvgIpc) is 2.48. The first-order chi connectivity index (χ1) is 6.17. The van der Waals surface area contributed by atoms with E-state index in [0.717, 1.165) is 18.9 Å². The summed E-state index contributed by atoms with van der Waals surface area (Å²) in [7, 11) is 0. The Morgan fingerprint density at radius 3 is 2.69 bits per heavy atom. The van der Waals surface area contributed by atoms with Crippen molar-refractivity contribution in [2.75, 3.05) is 12.5 Å². The summed E-state index contributed by atoms with van der Waals surface area (Å²) >= 11 is 6.11. The minimum absolute atomic E-state index is 0.248. The highest BCUT2D eigenvalue weighted by atomic mass is 35.5. The van der Waals surface area contributed by atoms with Crippen LogP contribution in [-0.2, 0) is 4.74 Å². The van der Waals surface area contributed by atoms with Gasteiger partial charge in [0.25, 0.3) is 0 Å². The van der Waals surface area contributed by atoms with E-state index in [9.17, 15) is 0 Å². The molecule has 78 valence electrons. The van der Waals surface area contributed by atoms with Crippen LogP contribution >= 0.6 is 11.6 Å². The predicted molar refractivity (Wildman–Crippen MR) is 57.3 cm³/mol. The molecule has 2 heteroatoms. The van der Waals surface area contributed by atoms with E-state index in [1.165, 1.54) is 12.8 Å². The first kappa shape index (κ1) is 11.3. The first-order valence-electron chi connectivity index (χ1n) is 5.35. The number of alkyl halides is 1. The molecule has 0 N–H and O–H groups in total. The van der Waals surface area contributed by atoms with Gasteiger partial charge in [0, 0.05) is 17.9 Å². The highest BCUT2D eigenvalue weighted by Crippen LogP contribution is 2.44. The Labute approximate surface area is 86.8 Å². The van der Waals surface area contributed by atoms with Crippen LogP contribution in [0.2, 0.25) is 0 Å². The van der Waals surface area contributed by atoms with E-state index in [1.54, 1.807) is 0 Å². The van der Waals surface area contributed by atoms with Crippen LogP contribution in [-0.4, -0.2) is 18.6 Å². The normalized spacial score (nSPS) is 36.5. The van der Waals surface area contributed by atoms with Crippen LogP contribution in [0, 0.1) is 11.3 Å². The van der Waals surface area contributed by atoms with Gasteiger partial charge in [-0.1, -0.05) is 26.7 Å². The number of ether oxygens (including phenoxy) is 1. The maximum absolute atomic E-state index is 6.11. The Kier molecular flexibility index (Phi) is 4.06. The van der Waals surface area contributed by atoms with Crippen molar-refractivity contribution in [1.82, 2.24) is 0 Å². The fourth-order valence-corrected chi connectivity index (χ4v) is 3.08. The van der Waals surface area contributed by atoms with Gasteiger partial charge in [0.2, 0.25) is 0 Å². The Morgan fingerprint density at radius 1 is 1.62 bits per heavy atom.